The van der Waals surface area contributed by atoms with Crippen LogP contribution in [0.1, 0.15) is 11.5 Å². The Morgan fingerprint density at radius 2 is 1.77 bits per heavy atom. The summed E-state index contributed by atoms with van der Waals surface area (Å²) in [5.74, 6) is -0.181. The lowest BCUT2D eigenvalue weighted by Crippen LogP contribution is -2.24. The zero-order chi connectivity index (χ0) is 16.2. The number of hydrogen-bond donors (Lipinski definition) is 1. The molecule has 0 atom stereocenters. The first-order chi connectivity index (χ1) is 10.3. The zero-order valence-corrected chi connectivity index (χ0v) is 13.4. The number of sulfone groups is 1. The Morgan fingerprint density at radius 1 is 1.09 bits per heavy atom. The van der Waals surface area contributed by atoms with Gasteiger partial charge in [0.1, 0.15) is 0 Å². The molecule has 0 saturated carbocycles. The Morgan fingerprint density at radius 3 is 2.41 bits per heavy atom. The van der Waals surface area contributed by atoms with Crippen molar-refractivity contribution in [3.05, 3.63) is 41.8 Å². The molecule has 0 radical (unpaired) electrons. The Hall–Kier alpha value is -1.78. The fourth-order valence-electron chi connectivity index (χ4n) is 1.66. The van der Waals surface area contributed by atoms with Crippen LogP contribution in [0.4, 0.5) is 0 Å². The van der Waals surface area contributed by atoms with Crippen LogP contribution >= 0.6 is 0 Å². The Balaban J connectivity index is 2.04. The molecule has 120 valence electrons. The molecule has 2 rings (SSSR count). The Kier molecular flexibility index (Phi) is 4.94. The lowest BCUT2D eigenvalue weighted by Gasteiger charge is -2.00. The predicted molar refractivity (Wildman–Crippen MR) is 78.2 cm³/mol. The molecule has 1 heterocycles. The molecule has 0 saturated heterocycles. The van der Waals surface area contributed by atoms with Crippen molar-refractivity contribution in [1.29, 1.82) is 0 Å². The van der Waals surface area contributed by atoms with Gasteiger partial charge in [-0.05, 0) is 5.56 Å². The van der Waals surface area contributed by atoms with Gasteiger partial charge in [0.15, 0.2) is 0 Å². The third kappa shape index (κ3) is 4.90. The van der Waals surface area contributed by atoms with Crippen molar-refractivity contribution in [3.63, 3.8) is 0 Å². The van der Waals surface area contributed by atoms with Gasteiger partial charge in [0.25, 0.3) is 0 Å². The van der Waals surface area contributed by atoms with Gasteiger partial charge in [-0.3, -0.25) is 0 Å². The number of benzene rings is 1. The van der Waals surface area contributed by atoms with Crippen molar-refractivity contribution >= 4 is 19.9 Å². The highest BCUT2D eigenvalue weighted by Gasteiger charge is 2.22. The van der Waals surface area contributed by atoms with Gasteiger partial charge in [-0.2, -0.15) is 0 Å². The highest BCUT2D eigenvalue weighted by atomic mass is 32.2. The highest BCUT2D eigenvalue weighted by molar-refractivity contribution is 7.90. The molecule has 10 heteroatoms. The van der Waals surface area contributed by atoms with Crippen LogP contribution in [-0.2, 0) is 32.0 Å². The van der Waals surface area contributed by atoms with Gasteiger partial charge < -0.3 is 4.42 Å². The monoisotopic (exact) mass is 345 g/mol. The second-order valence-electron chi connectivity index (χ2n) is 4.62. The van der Waals surface area contributed by atoms with Gasteiger partial charge in [0, 0.05) is 13.0 Å². The smallest absolute Gasteiger partial charge is 0.335 e. The summed E-state index contributed by atoms with van der Waals surface area (Å²) in [6.07, 6.45) is 1.14. The molecule has 2 aromatic rings. The molecule has 1 aromatic carbocycles. The molecule has 0 aliphatic carbocycles. The quantitative estimate of drug-likeness (QED) is 0.757. The molecule has 0 amide bonds. The molecule has 0 aliphatic heterocycles. The van der Waals surface area contributed by atoms with Crippen molar-refractivity contribution < 1.29 is 21.3 Å². The number of nitrogens with one attached hydrogen (secondary N) is 1. The summed E-state index contributed by atoms with van der Waals surface area (Å²) in [6.45, 7) is 0.0548. The van der Waals surface area contributed by atoms with Crippen molar-refractivity contribution in [2.75, 3.05) is 12.8 Å². The molecular formula is C12H15N3O5S2. The van der Waals surface area contributed by atoms with Crippen molar-refractivity contribution in [2.24, 2.45) is 0 Å². The van der Waals surface area contributed by atoms with Crippen LogP contribution in [0.3, 0.4) is 0 Å². The lowest BCUT2D eigenvalue weighted by atomic mass is 10.2. The molecule has 22 heavy (non-hydrogen) atoms. The van der Waals surface area contributed by atoms with Gasteiger partial charge >= 0.3 is 5.22 Å². The largest absolute Gasteiger partial charge is 0.412 e. The standard InChI is InChI=1S/C12H15N3O5S2/c1-21(16,17)13-8-7-11-14-15-12(20-11)22(18,19)9-10-5-3-2-4-6-10/h2-6,13H,7-9H2,1H3. The van der Waals surface area contributed by atoms with E-state index >= 15 is 0 Å². The van der Waals surface area contributed by atoms with Gasteiger partial charge in [-0.15, -0.1) is 5.10 Å². The molecule has 0 unspecified atom stereocenters. The van der Waals surface area contributed by atoms with Gasteiger partial charge in [-0.1, -0.05) is 35.4 Å². The van der Waals surface area contributed by atoms with E-state index in [0.717, 1.165) is 6.26 Å². The SMILES string of the molecule is CS(=O)(=O)NCCc1nnc(S(=O)(=O)Cc2ccccc2)o1. The number of hydrogen-bond acceptors (Lipinski definition) is 7. The average molecular weight is 345 g/mol. The summed E-state index contributed by atoms with van der Waals surface area (Å²) in [5, 5.41) is 6.66. The van der Waals surface area contributed by atoms with Crippen LogP contribution in [0, 0.1) is 0 Å². The fraction of sp³-hybridized carbons (Fsp3) is 0.333. The molecule has 0 spiro atoms. The van der Waals surface area contributed by atoms with Gasteiger partial charge in [-0.25, -0.2) is 21.6 Å². The van der Waals surface area contributed by atoms with Gasteiger partial charge in [0.2, 0.25) is 25.8 Å². The summed E-state index contributed by atoms with van der Waals surface area (Å²) in [5.41, 5.74) is 0.612. The van der Waals surface area contributed by atoms with E-state index in [9.17, 15) is 16.8 Å². The van der Waals surface area contributed by atoms with E-state index in [2.05, 4.69) is 14.9 Å². The van der Waals surface area contributed by atoms with Crippen LogP contribution in [0.25, 0.3) is 0 Å². The van der Waals surface area contributed by atoms with E-state index in [-0.39, 0.29) is 24.6 Å². The summed E-state index contributed by atoms with van der Waals surface area (Å²) in [4.78, 5) is 0. The van der Waals surface area contributed by atoms with Crippen molar-refractivity contribution in [1.82, 2.24) is 14.9 Å². The lowest BCUT2D eigenvalue weighted by molar-refractivity contribution is 0.396. The molecule has 8 nitrogen and oxygen atoms in total. The van der Waals surface area contributed by atoms with Crippen LogP contribution < -0.4 is 4.72 Å². The fourth-order valence-corrected chi connectivity index (χ4v) is 3.28. The van der Waals surface area contributed by atoms with Crippen molar-refractivity contribution in [3.8, 4) is 0 Å². The summed E-state index contributed by atoms with van der Waals surface area (Å²) < 4.78 is 53.5. The Bertz CT molecular complexity index is 829. The molecule has 0 fully saturated rings. The van der Waals surface area contributed by atoms with E-state index < -0.39 is 25.1 Å². The normalized spacial score (nSPS) is 12.4. The van der Waals surface area contributed by atoms with E-state index in [1.54, 1.807) is 30.3 Å². The van der Waals surface area contributed by atoms with Crippen molar-refractivity contribution in [2.45, 2.75) is 17.4 Å². The minimum Gasteiger partial charge on any atom is -0.412 e. The van der Waals surface area contributed by atoms with E-state index in [1.165, 1.54) is 0 Å². The molecule has 1 N–H and O–H groups in total. The van der Waals surface area contributed by atoms with Gasteiger partial charge in [0.05, 0.1) is 12.0 Å². The minimum absolute atomic E-state index is 0.0548. The molecular weight excluding hydrogens is 330 g/mol. The first-order valence-corrected chi connectivity index (χ1v) is 9.84. The number of sulfonamides is 1. The molecule has 1 aromatic heterocycles. The number of nitrogens with zero attached hydrogens (tertiary/aromatic N) is 2. The highest BCUT2D eigenvalue weighted by Crippen LogP contribution is 2.15. The maximum absolute atomic E-state index is 12.1. The second-order valence-corrected chi connectivity index (χ2v) is 8.32. The Labute approximate surface area is 128 Å². The third-order valence-electron chi connectivity index (χ3n) is 2.62. The molecule has 0 bridgehead atoms. The van der Waals surface area contributed by atoms with Crippen LogP contribution in [-0.4, -0.2) is 39.8 Å². The maximum Gasteiger partial charge on any atom is 0.335 e. The van der Waals surface area contributed by atoms with Crippen LogP contribution in [0.15, 0.2) is 40.0 Å². The summed E-state index contributed by atoms with van der Waals surface area (Å²) in [6, 6.07) is 8.63. The summed E-state index contributed by atoms with van der Waals surface area (Å²) >= 11 is 0. The third-order valence-corrected chi connectivity index (χ3v) is 4.76. The second kappa shape index (κ2) is 6.55. The molecule has 0 aliphatic rings. The first kappa shape index (κ1) is 16.6. The van der Waals surface area contributed by atoms with E-state index in [1.807, 2.05) is 0 Å². The minimum atomic E-state index is -3.72. The maximum atomic E-state index is 12.1. The average Bonchev–Trinajstić information content (AvgIpc) is 2.87. The first-order valence-electron chi connectivity index (χ1n) is 6.30. The van der Waals surface area contributed by atoms with E-state index in [4.69, 9.17) is 4.42 Å². The van der Waals surface area contributed by atoms with Crippen LogP contribution in [0.5, 0.6) is 0 Å². The number of rotatable bonds is 7. The van der Waals surface area contributed by atoms with Crippen LogP contribution in [0.2, 0.25) is 0 Å². The van der Waals surface area contributed by atoms with E-state index in [0.29, 0.717) is 5.56 Å². The predicted octanol–water partition coefficient (Wildman–Crippen LogP) is 0.135. The topological polar surface area (TPSA) is 119 Å². The zero-order valence-electron chi connectivity index (χ0n) is 11.8. The summed E-state index contributed by atoms with van der Waals surface area (Å²) in [7, 11) is -7.04. The number of aromatic nitrogens is 2.